The monoisotopic (exact) mass is 232 g/mol. The zero-order valence-electron chi connectivity index (χ0n) is 8.71. The van der Waals surface area contributed by atoms with Crippen LogP contribution in [0.1, 0.15) is 12.7 Å². The van der Waals surface area contributed by atoms with E-state index in [-0.39, 0.29) is 12.2 Å². The van der Waals surface area contributed by atoms with Gasteiger partial charge in [0.15, 0.2) is 21.4 Å². The second-order valence-electron chi connectivity index (χ2n) is 3.31. The summed E-state index contributed by atoms with van der Waals surface area (Å²) in [5.74, 6) is -0.191. The third-order valence-electron chi connectivity index (χ3n) is 1.98. The Morgan fingerprint density at radius 1 is 1.53 bits per heavy atom. The van der Waals surface area contributed by atoms with Crippen LogP contribution in [0.3, 0.4) is 0 Å². The maximum atomic E-state index is 11.5. The molecule has 1 heterocycles. The SMILES string of the molecule is CC(C(=O)Cc1nnn(C)n1)S(C)(=O)=O. The Morgan fingerprint density at radius 3 is 2.53 bits per heavy atom. The predicted octanol–water partition coefficient (Wildman–Crippen LogP) is -1.25. The smallest absolute Gasteiger partial charge is 0.182 e. The highest BCUT2D eigenvalue weighted by atomic mass is 32.2. The molecule has 8 heteroatoms. The van der Waals surface area contributed by atoms with Crippen molar-refractivity contribution in [2.24, 2.45) is 7.05 Å². The molecule has 0 aliphatic rings. The van der Waals surface area contributed by atoms with Crippen molar-refractivity contribution in [3.05, 3.63) is 5.82 Å². The van der Waals surface area contributed by atoms with Gasteiger partial charge in [0.1, 0.15) is 5.25 Å². The number of sulfone groups is 1. The van der Waals surface area contributed by atoms with E-state index in [9.17, 15) is 13.2 Å². The van der Waals surface area contributed by atoms with E-state index in [4.69, 9.17) is 0 Å². The van der Waals surface area contributed by atoms with Crippen LogP contribution in [0.25, 0.3) is 0 Å². The topological polar surface area (TPSA) is 94.8 Å². The maximum Gasteiger partial charge on any atom is 0.182 e. The van der Waals surface area contributed by atoms with Crippen molar-refractivity contribution < 1.29 is 13.2 Å². The molecule has 15 heavy (non-hydrogen) atoms. The lowest BCUT2D eigenvalue weighted by Crippen LogP contribution is -2.28. The van der Waals surface area contributed by atoms with Crippen molar-refractivity contribution >= 4 is 15.6 Å². The molecule has 0 radical (unpaired) electrons. The van der Waals surface area contributed by atoms with Gasteiger partial charge in [-0.15, -0.1) is 10.2 Å². The summed E-state index contributed by atoms with van der Waals surface area (Å²) in [7, 11) is -1.78. The average molecular weight is 232 g/mol. The number of ketones is 1. The number of rotatable bonds is 4. The van der Waals surface area contributed by atoms with Crippen molar-refractivity contribution in [3.8, 4) is 0 Å². The van der Waals surface area contributed by atoms with E-state index in [1.165, 1.54) is 11.7 Å². The molecule has 1 unspecified atom stereocenters. The maximum absolute atomic E-state index is 11.5. The average Bonchev–Trinajstić information content (AvgIpc) is 2.48. The molecule has 0 aromatic carbocycles. The van der Waals surface area contributed by atoms with Crippen LogP contribution in [0, 0.1) is 0 Å². The van der Waals surface area contributed by atoms with E-state index < -0.39 is 20.9 Å². The Morgan fingerprint density at radius 2 is 2.13 bits per heavy atom. The van der Waals surface area contributed by atoms with Crippen LogP contribution < -0.4 is 0 Å². The van der Waals surface area contributed by atoms with Crippen LogP contribution in [0.5, 0.6) is 0 Å². The van der Waals surface area contributed by atoms with Crippen molar-refractivity contribution in [1.82, 2.24) is 20.2 Å². The lowest BCUT2D eigenvalue weighted by atomic mass is 10.2. The van der Waals surface area contributed by atoms with Gasteiger partial charge in [-0.25, -0.2) is 8.42 Å². The summed E-state index contributed by atoms with van der Waals surface area (Å²) in [5, 5.41) is 9.92. The van der Waals surface area contributed by atoms with Gasteiger partial charge >= 0.3 is 0 Å². The fraction of sp³-hybridized carbons (Fsp3) is 0.714. The Balaban J connectivity index is 2.72. The molecule has 0 spiro atoms. The highest BCUT2D eigenvalue weighted by molar-refractivity contribution is 7.92. The van der Waals surface area contributed by atoms with E-state index in [1.807, 2.05) is 0 Å². The van der Waals surface area contributed by atoms with E-state index in [0.29, 0.717) is 0 Å². The van der Waals surface area contributed by atoms with Crippen LogP contribution >= 0.6 is 0 Å². The first-order valence-corrected chi connectivity index (χ1v) is 6.20. The summed E-state index contributed by atoms with van der Waals surface area (Å²) in [6, 6.07) is 0. The molecular formula is C7H12N4O3S. The molecule has 1 atom stereocenters. The van der Waals surface area contributed by atoms with Gasteiger partial charge in [0.25, 0.3) is 0 Å². The van der Waals surface area contributed by atoms with Crippen LogP contribution in [0.2, 0.25) is 0 Å². The molecule has 0 saturated carbocycles. The summed E-state index contributed by atoms with van der Waals surface area (Å²) in [5.41, 5.74) is 0. The van der Waals surface area contributed by atoms with Crippen LogP contribution in [0.15, 0.2) is 0 Å². The molecular weight excluding hydrogens is 220 g/mol. The summed E-state index contributed by atoms with van der Waals surface area (Å²) < 4.78 is 22.2. The Labute approximate surface area is 87.4 Å². The fourth-order valence-electron chi connectivity index (χ4n) is 0.932. The fourth-order valence-corrected chi connectivity index (χ4v) is 1.49. The van der Waals surface area contributed by atoms with Crippen molar-refractivity contribution in [2.75, 3.05) is 6.26 Å². The lowest BCUT2D eigenvalue weighted by Gasteiger charge is -2.05. The molecule has 7 nitrogen and oxygen atoms in total. The zero-order chi connectivity index (χ0) is 11.6. The largest absolute Gasteiger partial charge is 0.298 e. The van der Waals surface area contributed by atoms with E-state index >= 15 is 0 Å². The molecule has 1 rings (SSSR count). The van der Waals surface area contributed by atoms with Gasteiger partial charge in [-0.2, -0.15) is 4.80 Å². The second-order valence-corrected chi connectivity index (χ2v) is 5.68. The van der Waals surface area contributed by atoms with Crippen LogP contribution in [0.4, 0.5) is 0 Å². The van der Waals surface area contributed by atoms with Gasteiger partial charge in [-0.1, -0.05) is 0 Å². The number of hydrogen-bond acceptors (Lipinski definition) is 6. The van der Waals surface area contributed by atoms with E-state index in [1.54, 1.807) is 7.05 Å². The van der Waals surface area contributed by atoms with Crippen LogP contribution in [-0.2, 0) is 28.1 Å². The molecule has 0 bridgehead atoms. The van der Waals surface area contributed by atoms with Gasteiger partial charge in [0.05, 0.1) is 13.5 Å². The Kier molecular flexibility index (Phi) is 3.18. The van der Waals surface area contributed by atoms with Gasteiger partial charge in [0, 0.05) is 6.26 Å². The molecule has 0 fully saturated rings. The molecule has 0 aliphatic carbocycles. The van der Waals surface area contributed by atoms with Crippen molar-refractivity contribution in [3.63, 3.8) is 0 Å². The number of aromatic nitrogens is 4. The quantitative estimate of drug-likeness (QED) is 0.644. The van der Waals surface area contributed by atoms with Crippen molar-refractivity contribution in [2.45, 2.75) is 18.6 Å². The number of Topliss-reactive ketones (excluding diaryl/α,β-unsaturated/α-hetero) is 1. The third-order valence-corrected chi connectivity index (χ3v) is 3.53. The lowest BCUT2D eigenvalue weighted by molar-refractivity contribution is -0.117. The molecule has 0 aliphatic heterocycles. The minimum absolute atomic E-state index is 0.109. The highest BCUT2D eigenvalue weighted by Gasteiger charge is 2.24. The summed E-state index contributed by atoms with van der Waals surface area (Å²) in [6.45, 7) is 1.36. The minimum atomic E-state index is -3.35. The Hall–Kier alpha value is -1.31. The molecule has 1 aromatic rings. The van der Waals surface area contributed by atoms with Crippen LogP contribution in [-0.4, -0.2) is 45.9 Å². The Bertz CT molecular complexity index is 464. The van der Waals surface area contributed by atoms with E-state index in [2.05, 4.69) is 15.4 Å². The third kappa shape index (κ3) is 3.08. The molecule has 0 saturated heterocycles. The minimum Gasteiger partial charge on any atom is -0.298 e. The first kappa shape index (κ1) is 11.8. The first-order chi connectivity index (χ1) is 6.80. The zero-order valence-corrected chi connectivity index (χ0v) is 9.52. The first-order valence-electron chi connectivity index (χ1n) is 4.25. The molecule has 84 valence electrons. The van der Waals surface area contributed by atoms with Gasteiger partial charge in [-0.05, 0) is 12.1 Å². The number of aryl methyl sites for hydroxylation is 1. The predicted molar refractivity (Wildman–Crippen MR) is 51.8 cm³/mol. The summed E-state index contributed by atoms with van der Waals surface area (Å²) >= 11 is 0. The standard InChI is InChI=1S/C7H12N4O3S/c1-5(15(3,13)14)6(12)4-7-8-10-11(2)9-7/h5H,4H2,1-3H3. The van der Waals surface area contributed by atoms with Gasteiger partial charge in [0.2, 0.25) is 0 Å². The molecule has 0 N–H and O–H groups in total. The molecule has 0 amide bonds. The number of hydrogen-bond donors (Lipinski definition) is 0. The second kappa shape index (κ2) is 4.05. The highest BCUT2D eigenvalue weighted by Crippen LogP contribution is 2.02. The van der Waals surface area contributed by atoms with E-state index in [0.717, 1.165) is 6.26 Å². The number of carbonyl (C=O) groups is 1. The molecule has 1 aromatic heterocycles. The summed E-state index contributed by atoms with van der Waals surface area (Å²) in [4.78, 5) is 12.7. The van der Waals surface area contributed by atoms with Gasteiger partial charge in [-0.3, -0.25) is 4.79 Å². The normalized spacial score (nSPS) is 13.8. The number of nitrogens with zero attached hydrogens (tertiary/aromatic N) is 4. The van der Waals surface area contributed by atoms with Gasteiger partial charge < -0.3 is 0 Å². The summed E-state index contributed by atoms with van der Waals surface area (Å²) in [6.07, 6.45) is 0.918. The number of tetrazole rings is 1. The number of carbonyl (C=O) groups excluding carboxylic acids is 1. The van der Waals surface area contributed by atoms with Crippen molar-refractivity contribution in [1.29, 1.82) is 0 Å².